The number of carbonyl (C=O) groups excluding carboxylic acids is 2. The van der Waals surface area contributed by atoms with Gasteiger partial charge in [0.1, 0.15) is 0 Å². The van der Waals surface area contributed by atoms with Crippen LogP contribution in [0.15, 0.2) is 54.6 Å². The summed E-state index contributed by atoms with van der Waals surface area (Å²) < 4.78 is 11.2. The number of hydrogen-bond acceptors (Lipinski definition) is 3. The largest absolute Gasteiger partial charge is 0.322 e. The summed E-state index contributed by atoms with van der Waals surface area (Å²) in [4.78, 5) is 24.3. The number of carbonyl (C=O) groups is 2. The minimum Gasteiger partial charge on any atom is -0.322 e. The van der Waals surface area contributed by atoms with E-state index in [0.29, 0.717) is 11.3 Å². The van der Waals surface area contributed by atoms with E-state index in [0.717, 1.165) is 0 Å². The fourth-order valence-electron chi connectivity index (χ4n) is 1.91. The number of Topliss-reactive ketones (excluding diaryl/α,β-unsaturated/α-hetero) is 1. The molecule has 2 aromatic carbocycles. The van der Waals surface area contributed by atoms with E-state index in [4.69, 9.17) is 0 Å². The van der Waals surface area contributed by atoms with Crippen molar-refractivity contribution in [3.05, 3.63) is 65.7 Å². The predicted octanol–water partition coefficient (Wildman–Crippen LogP) is 2.50. The number of para-hydroxylation sites is 1. The number of benzene rings is 2. The van der Waals surface area contributed by atoms with Crippen LogP contribution >= 0.6 is 0 Å². The lowest BCUT2D eigenvalue weighted by atomic mass is 10.0. The van der Waals surface area contributed by atoms with Crippen molar-refractivity contribution in [3.8, 4) is 0 Å². The zero-order valence-corrected chi connectivity index (χ0v) is 12.4. The lowest BCUT2D eigenvalue weighted by molar-refractivity contribution is 0.0987. The minimum atomic E-state index is -1.24. The van der Waals surface area contributed by atoms with Crippen LogP contribution in [-0.4, -0.2) is 27.9 Å². The first-order chi connectivity index (χ1) is 10.1. The molecular formula is C16H15NO3S. The first-order valence-electron chi connectivity index (χ1n) is 6.36. The lowest BCUT2D eigenvalue weighted by Gasteiger charge is -2.09. The monoisotopic (exact) mass is 301 g/mol. The van der Waals surface area contributed by atoms with Crippen molar-refractivity contribution < 1.29 is 13.8 Å². The molecule has 0 aliphatic rings. The van der Waals surface area contributed by atoms with Gasteiger partial charge in [-0.25, -0.2) is 0 Å². The molecule has 108 valence electrons. The number of rotatable bonds is 5. The van der Waals surface area contributed by atoms with Crippen LogP contribution in [-0.2, 0) is 10.8 Å². The van der Waals surface area contributed by atoms with Crippen LogP contribution in [0.5, 0.6) is 0 Å². The van der Waals surface area contributed by atoms with Crippen LogP contribution in [0.4, 0.5) is 5.69 Å². The Kier molecular flexibility index (Phi) is 5.00. The molecule has 2 aromatic rings. The van der Waals surface area contributed by atoms with Gasteiger partial charge in [-0.3, -0.25) is 13.8 Å². The summed E-state index contributed by atoms with van der Waals surface area (Å²) in [6.07, 6.45) is 1.46. The average molecular weight is 301 g/mol. The Bertz CT molecular complexity index is 683. The second kappa shape index (κ2) is 6.95. The van der Waals surface area contributed by atoms with Crippen LogP contribution < -0.4 is 5.32 Å². The highest BCUT2D eigenvalue weighted by Crippen LogP contribution is 2.14. The highest BCUT2D eigenvalue weighted by atomic mass is 32.2. The van der Waals surface area contributed by atoms with E-state index in [1.165, 1.54) is 6.26 Å². The first-order valence-corrected chi connectivity index (χ1v) is 8.09. The van der Waals surface area contributed by atoms with Crippen molar-refractivity contribution in [2.75, 3.05) is 17.3 Å². The van der Waals surface area contributed by atoms with Crippen molar-refractivity contribution in [3.63, 3.8) is 0 Å². The summed E-state index contributed by atoms with van der Waals surface area (Å²) in [7, 11) is -1.24. The molecule has 0 fully saturated rings. The van der Waals surface area contributed by atoms with Gasteiger partial charge in [0, 0.05) is 28.3 Å². The highest BCUT2D eigenvalue weighted by Gasteiger charge is 2.17. The smallest absolute Gasteiger partial charge is 0.256 e. The van der Waals surface area contributed by atoms with Gasteiger partial charge in [0.25, 0.3) is 5.91 Å². The topological polar surface area (TPSA) is 63.2 Å². The SMILES string of the molecule is CS(=O)CC(=O)c1ccccc1C(=O)Nc1ccccc1. The molecule has 21 heavy (non-hydrogen) atoms. The molecular weight excluding hydrogens is 286 g/mol. The number of ketones is 1. The van der Waals surface area contributed by atoms with E-state index in [1.807, 2.05) is 18.2 Å². The van der Waals surface area contributed by atoms with Crippen LogP contribution in [0.1, 0.15) is 20.7 Å². The molecule has 0 spiro atoms. The lowest BCUT2D eigenvalue weighted by Crippen LogP contribution is -2.19. The van der Waals surface area contributed by atoms with Gasteiger partial charge >= 0.3 is 0 Å². The normalized spacial score (nSPS) is 11.7. The predicted molar refractivity (Wildman–Crippen MR) is 84.1 cm³/mol. The third-order valence-electron chi connectivity index (χ3n) is 2.84. The Morgan fingerprint density at radius 2 is 1.52 bits per heavy atom. The molecule has 4 nitrogen and oxygen atoms in total. The average Bonchev–Trinajstić information content (AvgIpc) is 2.47. The fourth-order valence-corrected chi connectivity index (χ4v) is 2.43. The summed E-state index contributed by atoms with van der Waals surface area (Å²) in [5.41, 5.74) is 1.24. The molecule has 0 aromatic heterocycles. The molecule has 0 saturated carbocycles. The summed E-state index contributed by atoms with van der Waals surface area (Å²) in [6, 6.07) is 15.6. The number of anilines is 1. The molecule has 0 saturated heterocycles. The molecule has 2 rings (SSSR count). The van der Waals surface area contributed by atoms with Crippen LogP contribution in [0.2, 0.25) is 0 Å². The van der Waals surface area contributed by atoms with E-state index >= 15 is 0 Å². The zero-order chi connectivity index (χ0) is 15.2. The number of nitrogens with one attached hydrogen (secondary N) is 1. The van der Waals surface area contributed by atoms with Gasteiger partial charge in [0.05, 0.1) is 11.3 Å². The van der Waals surface area contributed by atoms with E-state index in [2.05, 4.69) is 5.32 Å². The molecule has 5 heteroatoms. The molecule has 1 amide bonds. The molecule has 0 aliphatic carbocycles. The molecule has 1 N–H and O–H groups in total. The maximum Gasteiger partial charge on any atom is 0.256 e. The second-order valence-corrected chi connectivity index (χ2v) is 5.94. The standard InChI is InChI=1S/C16H15NO3S/c1-21(20)11-15(18)13-9-5-6-10-14(13)16(19)17-12-7-3-2-4-8-12/h2-10H,11H2,1H3,(H,17,19). The summed E-state index contributed by atoms with van der Waals surface area (Å²) in [5, 5.41) is 2.74. The van der Waals surface area contributed by atoms with E-state index in [9.17, 15) is 13.8 Å². The van der Waals surface area contributed by atoms with Crippen LogP contribution in [0, 0.1) is 0 Å². The van der Waals surface area contributed by atoms with Crippen molar-refractivity contribution in [2.45, 2.75) is 0 Å². The fraction of sp³-hybridized carbons (Fsp3) is 0.125. The van der Waals surface area contributed by atoms with Gasteiger partial charge in [0.2, 0.25) is 0 Å². The Morgan fingerprint density at radius 1 is 0.952 bits per heavy atom. The van der Waals surface area contributed by atoms with Crippen molar-refractivity contribution >= 4 is 28.2 Å². The summed E-state index contributed by atoms with van der Waals surface area (Å²) >= 11 is 0. The summed E-state index contributed by atoms with van der Waals surface area (Å²) in [6.45, 7) is 0. The number of hydrogen-bond donors (Lipinski definition) is 1. The maximum absolute atomic E-state index is 12.3. The minimum absolute atomic E-state index is 0.0877. The first kappa shape index (κ1) is 15.1. The van der Waals surface area contributed by atoms with Gasteiger partial charge in [-0.15, -0.1) is 0 Å². The Hall–Kier alpha value is -2.27. The van der Waals surface area contributed by atoms with E-state index in [1.54, 1.807) is 36.4 Å². The maximum atomic E-state index is 12.3. The molecule has 1 atom stereocenters. The third kappa shape index (κ3) is 4.10. The van der Waals surface area contributed by atoms with Crippen molar-refractivity contribution in [1.29, 1.82) is 0 Å². The molecule has 0 radical (unpaired) electrons. The zero-order valence-electron chi connectivity index (χ0n) is 11.5. The Morgan fingerprint density at radius 3 is 2.14 bits per heavy atom. The van der Waals surface area contributed by atoms with E-state index < -0.39 is 10.8 Å². The molecule has 0 heterocycles. The van der Waals surface area contributed by atoms with Gasteiger partial charge in [-0.05, 0) is 18.2 Å². The molecule has 0 aliphatic heterocycles. The Labute approximate surface area is 125 Å². The van der Waals surface area contributed by atoms with Gasteiger partial charge in [0.15, 0.2) is 5.78 Å². The van der Waals surface area contributed by atoms with Gasteiger partial charge < -0.3 is 5.32 Å². The Balaban J connectivity index is 2.25. The second-order valence-electron chi connectivity index (χ2n) is 4.51. The van der Waals surface area contributed by atoms with Crippen LogP contribution in [0.25, 0.3) is 0 Å². The van der Waals surface area contributed by atoms with Crippen molar-refractivity contribution in [2.24, 2.45) is 0 Å². The molecule has 1 unspecified atom stereocenters. The van der Waals surface area contributed by atoms with Gasteiger partial charge in [-0.2, -0.15) is 0 Å². The van der Waals surface area contributed by atoms with E-state index in [-0.39, 0.29) is 23.0 Å². The van der Waals surface area contributed by atoms with Gasteiger partial charge in [-0.1, -0.05) is 36.4 Å². The quantitative estimate of drug-likeness (QED) is 0.863. The summed E-state index contributed by atoms with van der Waals surface area (Å²) in [5.74, 6) is -0.739. The van der Waals surface area contributed by atoms with Crippen LogP contribution in [0.3, 0.4) is 0 Å². The van der Waals surface area contributed by atoms with Crippen molar-refractivity contribution in [1.82, 2.24) is 0 Å². The third-order valence-corrected chi connectivity index (χ3v) is 3.51. The number of amides is 1. The molecule has 0 bridgehead atoms. The highest BCUT2D eigenvalue weighted by molar-refractivity contribution is 7.85.